The Morgan fingerprint density at radius 2 is 2.10 bits per heavy atom. The first kappa shape index (κ1) is 13.0. The van der Waals surface area contributed by atoms with Crippen LogP contribution in [0.3, 0.4) is 0 Å². The molecular weight excluding hydrogens is 268 g/mol. The normalized spacial score (nSPS) is 10.3. The lowest BCUT2D eigenvalue weighted by Crippen LogP contribution is -1.98. The first-order valence-corrected chi connectivity index (χ1v) is 6.28. The lowest BCUT2D eigenvalue weighted by atomic mass is 10.2. The van der Waals surface area contributed by atoms with Crippen LogP contribution < -0.4 is 4.74 Å². The third-order valence-electron chi connectivity index (χ3n) is 3.01. The number of carbonyl (C=O) groups excluding carboxylic acids is 1. The molecule has 0 aliphatic heterocycles. The summed E-state index contributed by atoms with van der Waals surface area (Å²) in [5.74, 6) is 0.670. The maximum absolute atomic E-state index is 11.3. The summed E-state index contributed by atoms with van der Waals surface area (Å²) in [5, 5.41) is 4.43. The largest absolute Gasteiger partial charge is 0.494 e. The van der Waals surface area contributed by atoms with Gasteiger partial charge in [-0.25, -0.2) is 4.68 Å². The van der Waals surface area contributed by atoms with Crippen LogP contribution in [-0.4, -0.2) is 33.1 Å². The van der Waals surface area contributed by atoms with Crippen molar-refractivity contribution >= 4 is 6.29 Å². The van der Waals surface area contributed by atoms with Gasteiger partial charge in [-0.3, -0.25) is 14.8 Å². The van der Waals surface area contributed by atoms with E-state index in [4.69, 9.17) is 4.74 Å². The minimum atomic E-state index is 0.446. The Morgan fingerprint density at radius 3 is 2.81 bits per heavy atom. The summed E-state index contributed by atoms with van der Waals surface area (Å²) in [7, 11) is 1.59. The van der Waals surface area contributed by atoms with E-state index in [1.165, 1.54) is 0 Å². The highest BCUT2D eigenvalue weighted by Crippen LogP contribution is 2.25. The maximum atomic E-state index is 11.3. The number of hydrogen-bond acceptors (Lipinski definition) is 5. The maximum Gasteiger partial charge on any atom is 0.153 e. The van der Waals surface area contributed by atoms with Gasteiger partial charge >= 0.3 is 0 Å². The number of ether oxygens (including phenoxy) is 1. The molecule has 6 heteroatoms. The van der Waals surface area contributed by atoms with Gasteiger partial charge in [0.15, 0.2) is 6.29 Å². The van der Waals surface area contributed by atoms with Gasteiger partial charge in [-0.2, -0.15) is 5.10 Å². The molecule has 0 atom stereocenters. The van der Waals surface area contributed by atoms with Gasteiger partial charge in [0.1, 0.15) is 22.8 Å². The van der Waals surface area contributed by atoms with Gasteiger partial charge < -0.3 is 4.74 Å². The summed E-state index contributed by atoms with van der Waals surface area (Å²) >= 11 is 0. The second kappa shape index (κ2) is 5.54. The van der Waals surface area contributed by atoms with Crippen molar-refractivity contribution in [1.29, 1.82) is 0 Å². The van der Waals surface area contributed by atoms with Crippen LogP contribution >= 0.6 is 0 Å². The zero-order chi connectivity index (χ0) is 14.7. The molecule has 0 aliphatic carbocycles. The van der Waals surface area contributed by atoms with Crippen molar-refractivity contribution in [3.63, 3.8) is 0 Å². The van der Waals surface area contributed by atoms with Crippen molar-refractivity contribution in [3.05, 3.63) is 54.6 Å². The van der Waals surface area contributed by atoms with Crippen LogP contribution in [0.5, 0.6) is 5.75 Å². The van der Waals surface area contributed by atoms with Crippen LogP contribution in [0.25, 0.3) is 17.1 Å². The van der Waals surface area contributed by atoms with Crippen LogP contribution in [0.4, 0.5) is 0 Å². The molecule has 0 radical (unpaired) electrons. The zero-order valence-corrected chi connectivity index (χ0v) is 11.3. The van der Waals surface area contributed by atoms with E-state index in [1.54, 1.807) is 36.6 Å². The topological polar surface area (TPSA) is 69.9 Å². The van der Waals surface area contributed by atoms with Crippen LogP contribution in [0, 0.1) is 0 Å². The van der Waals surface area contributed by atoms with E-state index in [0.717, 1.165) is 12.0 Å². The fraction of sp³-hybridized carbons (Fsp3) is 0.0667. The fourth-order valence-corrected chi connectivity index (χ4v) is 2.04. The number of rotatable bonds is 4. The zero-order valence-electron chi connectivity index (χ0n) is 11.3. The molecule has 3 aromatic rings. The summed E-state index contributed by atoms with van der Waals surface area (Å²) in [6.45, 7) is 0. The number of nitrogens with zero attached hydrogens (tertiary/aromatic N) is 4. The van der Waals surface area contributed by atoms with Gasteiger partial charge in [0.05, 0.1) is 18.9 Å². The van der Waals surface area contributed by atoms with Gasteiger partial charge in [0.25, 0.3) is 0 Å². The van der Waals surface area contributed by atoms with E-state index in [0.29, 0.717) is 22.7 Å². The molecule has 0 spiro atoms. The summed E-state index contributed by atoms with van der Waals surface area (Å²) in [5.41, 5.74) is 2.23. The van der Waals surface area contributed by atoms with Crippen molar-refractivity contribution < 1.29 is 9.53 Å². The second-order valence-corrected chi connectivity index (χ2v) is 4.26. The molecule has 0 N–H and O–H groups in total. The molecule has 2 heterocycles. The lowest BCUT2D eigenvalue weighted by molar-refractivity contribution is 0.112. The van der Waals surface area contributed by atoms with Crippen molar-refractivity contribution in [2.45, 2.75) is 0 Å². The molecule has 104 valence electrons. The molecule has 0 unspecified atom stereocenters. The SMILES string of the molecule is COc1ccccc1-n1cc(C=O)c(-c2cnccn2)n1. The predicted octanol–water partition coefficient (Wildman–Crippen LogP) is 2.15. The molecule has 0 saturated carbocycles. The molecule has 21 heavy (non-hydrogen) atoms. The van der Waals surface area contributed by atoms with E-state index in [2.05, 4.69) is 15.1 Å². The molecule has 0 fully saturated rings. The van der Waals surface area contributed by atoms with Crippen LogP contribution in [-0.2, 0) is 0 Å². The molecule has 1 aromatic carbocycles. The smallest absolute Gasteiger partial charge is 0.153 e. The van der Waals surface area contributed by atoms with E-state index < -0.39 is 0 Å². The van der Waals surface area contributed by atoms with Gasteiger partial charge in [0, 0.05) is 18.6 Å². The highest BCUT2D eigenvalue weighted by Gasteiger charge is 2.14. The summed E-state index contributed by atoms with van der Waals surface area (Å²) in [6.07, 6.45) is 7.10. The molecule has 2 aromatic heterocycles. The minimum absolute atomic E-state index is 0.446. The molecule has 0 amide bonds. The van der Waals surface area contributed by atoms with Gasteiger partial charge in [-0.15, -0.1) is 0 Å². The van der Waals surface area contributed by atoms with Crippen molar-refractivity contribution in [1.82, 2.24) is 19.7 Å². The third-order valence-corrected chi connectivity index (χ3v) is 3.01. The Balaban J connectivity index is 2.14. The Kier molecular flexibility index (Phi) is 3.42. The predicted molar refractivity (Wildman–Crippen MR) is 76.5 cm³/mol. The molecular formula is C15H12N4O2. The number of carbonyl (C=O) groups is 1. The summed E-state index contributed by atoms with van der Waals surface area (Å²) in [4.78, 5) is 19.4. The Bertz CT molecular complexity index is 768. The van der Waals surface area contributed by atoms with Crippen LogP contribution in [0.1, 0.15) is 10.4 Å². The van der Waals surface area contributed by atoms with E-state index in [-0.39, 0.29) is 0 Å². The van der Waals surface area contributed by atoms with E-state index >= 15 is 0 Å². The Labute approximate surface area is 121 Å². The van der Waals surface area contributed by atoms with Gasteiger partial charge in [0.2, 0.25) is 0 Å². The average Bonchev–Trinajstić information content (AvgIpc) is 2.99. The molecule has 0 aliphatic rings. The van der Waals surface area contributed by atoms with Crippen molar-refractivity contribution in [2.24, 2.45) is 0 Å². The summed E-state index contributed by atoms with van der Waals surface area (Å²) in [6, 6.07) is 7.44. The molecule has 0 bridgehead atoms. The van der Waals surface area contributed by atoms with Crippen molar-refractivity contribution in [3.8, 4) is 22.8 Å². The second-order valence-electron chi connectivity index (χ2n) is 4.26. The highest BCUT2D eigenvalue weighted by molar-refractivity contribution is 5.84. The number of methoxy groups -OCH3 is 1. The Morgan fingerprint density at radius 1 is 1.24 bits per heavy atom. The minimum Gasteiger partial charge on any atom is -0.494 e. The van der Waals surface area contributed by atoms with Crippen LogP contribution in [0.2, 0.25) is 0 Å². The first-order chi connectivity index (χ1) is 10.3. The fourth-order valence-electron chi connectivity index (χ4n) is 2.04. The number of para-hydroxylation sites is 2. The number of aldehydes is 1. The number of hydrogen-bond donors (Lipinski definition) is 0. The standard InChI is InChI=1S/C15H12N4O2/c1-21-14-5-3-2-4-13(14)19-9-11(10-20)15(18-19)12-8-16-6-7-17-12/h2-10H,1H3. The molecule has 0 saturated heterocycles. The number of aromatic nitrogens is 4. The molecule has 3 rings (SSSR count). The van der Waals surface area contributed by atoms with Gasteiger partial charge in [-0.1, -0.05) is 12.1 Å². The number of benzene rings is 1. The Hall–Kier alpha value is -3.02. The first-order valence-electron chi connectivity index (χ1n) is 6.28. The molecule has 6 nitrogen and oxygen atoms in total. The average molecular weight is 280 g/mol. The summed E-state index contributed by atoms with van der Waals surface area (Å²) < 4.78 is 6.91. The quantitative estimate of drug-likeness (QED) is 0.685. The van der Waals surface area contributed by atoms with Gasteiger partial charge in [-0.05, 0) is 12.1 Å². The van der Waals surface area contributed by atoms with Crippen LogP contribution in [0.15, 0.2) is 49.1 Å². The third kappa shape index (κ3) is 2.38. The van der Waals surface area contributed by atoms with Crippen molar-refractivity contribution in [2.75, 3.05) is 7.11 Å². The monoisotopic (exact) mass is 280 g/mol. The van der Waals surface area contributed by atoms with E-state index in [1.807, 2.05) is 24.3 Å². The highest BCUT2D eigenvalue weighted by atomic mass is 16.5. The van der Waals surface area contributed by atoms with E-state index in [9.17, 15) is 4.79 Å². The lowest BCUT2D eigenvalue weighted by Gasteiger charge is -2.07.